The third kappa shape index (κ3) is 8.19. The molecule has 0 fully saturated rings. The summed E-state index contributed by atoms with van der Waals surface area (Å²) in [5.74, 6) is 0. The van der Waals surface area contributed by atoms with Crippen LogP contribution in [0.4, 0.5) is 0 Å². The van der Waals surface area contributed by atoms with Gasteiger partial charge in [-0.05, 0) is 32.4 Å². The van der Waals surface area contributed by atoms with E-state index >= 15 is 0 Å². The van der Waals surface area contributed by atoms with Crippen molar-refractivity contribution in [2.75, 3.05) is 33.7 Å². The summed E-state index contributed by atoms with van der Waals surface area (Å²) in [5, 5.41) is 3.54. The Balaban J connectivity index is 2.13. The Hall–Kier alpha value is -0.643. The van der Waals surface area contributed by atoms with E-state index in [1.54, 1.807) is 0 Å². The highest BCUT2D eigenvalue weighted by Gasteiger charge is 2.14. The van der Waals surface area contributed by atoms with Crippen LogP contribution in [0.15, 0.2) is 30.3 Å². The van der Waals surface area contributed by atoms with Crippen molar-refractivity contribution in [1.82, 2.24) is 5.32 Å². The lowest BCUT2D eigenvalue weighted by atomic mass is 10.2. The summed E-state index contributed by atoms with van der Waals surface area (Å²) < 4.78 is 1.09. The largest absolute Gasteiger partial charge is 0.325 e. The van der Waals surface area contributed by atoms with E-state index in [0.29, 0.717) is 0 Å². The molecular weight excluding hydrogens is 248 g/mol. The highest BCUT2D eigenvalue weighted by molar-refractivity contribution is 6.08. The second-order valence-corrected chi connectivity index (χ2v) is 7.11. The molecule has 0 aliphatic heterocycles. The second-order valence-electron chi connectivity index (χ2n) is 6.11. The fourth-order valence-electron chi connectivity index (χ4n) is 2.37. The molecule has 1 N–H and O–H groups in total. The van der Waals surface area contributed by atoms with E-state index in [9.17, 15) is 0 Å². The summed E-state index contributed by atoms with van der Waals surface area (Å²) in [6.45, 7) is 4.80. The minimum absolute atomic E-state index is 1.09. The maximum atomic E-state index is 3.54. The normalized spacial score (nSPS) is 11.9. The zero-order chi connectivity index (χ0) is 14.0. The van der Waals surface area contributed by atoms with Crippen LogP contribution in [0.3, 0.4) is 0 Å². The standard InChI is InChI=1S/C16H31N2Si/c1-18(2,15-16-9-4-3-5-10-16)13-7-6-11-17-12-8-14-19/h3-5,9-10,17H,6-8,11-15H2,1-2,19H3/q+1. The smallest absolute Gasteiger partial charge is 0.104 e. The molecule has 0 radical (unpaired) electrons. The fraction of sp³-hybridized carbons (Fsp3) is 0.625. The summed E-state index contributed by atoms with van der Waals surface area (Å²) in [6, 6.07) is 12.2. The molecule has 3 heteroatoms. The van der Waals surface area contributed by atoms with Gasteiger partial charge in [0, 0.05) is 15.8 Å². The molecule has 0 atom stereocenters. The molecule has 0 saturated heterocycles. The van der Waals surface area contributed by atoms with Crippen LogP contribution < -0.4 is 5.32 Å². The van der Waals surface area contributed by atoms with Gasteiger partial charge in [0.05, 0.1) is 20.6 Å². The zero-order valence-electron chi connectivity index (χ0n) is 13.0. The Labute approximate surface area is 122 Å². The van der Waals surface area contributed by atoms with Gasteiger partial charge in [-0.1, -0.05) is 36.4 Å². The Morgan fingerprint density at radius 3 is 2.37 bits per heavy atom. The minimum atomic E-state index is 1.09. The van der Waals surface area contributed by atoms with Gasteiger partial charge in [-0.15, -0.1) is 0 Å². The van der Waals surface area contributed by atoms with Crippen LogP contribution in [0.5, 0.6) is 0 Å². The van der Waals surface area contributed by atoms with E-state index in [-0.39, 0.29) is 0 Å². The van der Waals surface area contributed by atoms with Gasteiger partial charge in [-0.3, -0.25) is 0 Å². The van der Waals surface area contributed by atoms with E-state index < -0.39 is 0 Å². The molecule has 2 nitrogen and oxygen atoms in total. The number of benzene rings is 1. The molecule has 0 heterocycles. The van der Waals surface area contributed by atoms with Crippen molar-refractivity contribution in [2.24, 2.45) is 0 Å². The van der Waals surface area contributed by atoms with Crippen LogP contribution in [-0.4, -0.2) is 48.5 Å². The van der Waals surface area contributed by atoms with Crippen molar-refractivity contribution in [1.29, 1.82) is 0 Å². The molecule has 0 bridgehead atoms. The first kappa shape index (κ1) is 16.4. The van der Waals surface area contributed by atoms with Gasteiger partial charge in [0.2, 0.25) is 0 Å². The summed E-state index contributed by atoms with van der Waals surface area (Å²) in [6.07, 6.45) is 3.98. The molecule has 0 saturated carbocycles. The summed E-state index contributed by atoms with van der Waals surface area (Å²) >= 11 is 0. The van der Waals surface area contributed by atoms with Crippen LogP contribution in [0, 0.1) is 0 Å². The minimum Gasteiger partial charge on any atom is -0.325 e. The summed E-state index contributed by atoms with van der Waals surface area (Å²) in [7, 11) is 6.02. The van der Waals surface area contributed by atoms with Gasteiger partial charge in [0.1, 0.15) is 6.54 Å². The molecule has 1 rings (SSSR count). The van der Waals surface area contributed by atoms with Crippen LogP contribution in [-0.2, 0) is 6.54 Å². The molecule has 19 heavy (non-hydrogen) atoms. The number of hydrogen-bond donors (Lipinski definition) is 1. The molecule has 1 aromatic rings. The first-order chi connectivity index (χ1) is 9.14. The molecule has 0 aliphatic rings. The van der Waals surface area contributed by atoms with Crippen molar-refractivity contribution in [3.05, 3.63) is 35.9 Å². The molecular formula is C16H31N2Si+. The first-order valence-corrected chi connectivity index (χ1v) is 9.12. The average molecular weight is 280 g/mol. The Bertz CT molecular complexity index is 325. The summed E-state index contributed by atoms with van der Waals surface area (Å²) in [5.41, 5.74) is 1.44. The number of nitrogens with one attached hydrogen (secondary N) is 1. The number of rotatable bonds is 10. The van der Waals surface area contributed by atoms with Crippen molar-refractivity contribution in [3.8, 4) is 0 Å². The summed E-state index contributed by atoms with van der Waals surface area (Å²) in [4.78, 5) is 0. The second kappa shape index (κ2) is 9.29. The maximum Gasteiger partial charge on any atom is 0.104 e. The Morgan fingerprint density at radius 2 is 1.68 bits per heavy atom. The highest BCUT2D eigenvalue weighted by Crippen LogP contribution is 2.10. The SMILES string of the molecule is C[N+](C)(CCCCNCCC[SiH3])Cc1ccccc1. The van der Waals surface area contributed by atoms with Gasteiger partial charge in [0.25, 0.3) is 0 Å². The van der Waals surface area contributed by atoms with E-state index in [2.05, 4.69) is 49.7 Å². The monoisotopic (exact) mass is 279 g/mol. The molecule has 108 valence electrons. The molecule has 0 amide bonds. The zero-order valence-corrected chi connectivity index (χ0v) is 15.0. The van der Waals surface area contributed by atoms with Gasteiger partial charge in [0.15, 0.2) is 0 Å². The highest BCUT2D eigenvalue weighted by atomic mass is 28.1. The fourth-order valence-corrected chi connectivity index (χ4v) is 2.73. The van der Waals surface area contributed by atoms with Crippen molar-refractivity contribution in [2.45, 2.75) is 31.9 Å². The van der Waals surface area contributed by atoms with Crippen LogP contribution in [0.2, 0.25) is 6.04 Å². The quantitative estimate of drug-likeness (QED) is 0.391. The molecule has 0 spiro atoms. The van der Waals surface area contributed by atoms with Crippen LogP contribution in [0.25, 0.3) is 0 Å². The number of nitrogens with zero attached hydrogens (tertiary/aromatic N) is 1. The first-order valence-electron chi connectivity index (χ1n) is 7.71. The predicted molar refractivity (Wildman–Crippen MR) is 88.6 cm³/mol. The number of unbranched alkanes of at least 4 members (excludes halogenated alkanes) is 1. The molecule has 0 unspecified atom stereocenters. The third-order valence-corrected chi connectivity index (χ3v) is 4.23. The molecule has 0 aliphatic carbocycles. The van der Waals surface area contributed by atoms with Gasteiger partial charge < -0.3 is 9.80 Å². The Kier molecular flexibility index (Phi) is 8.02. The molecule has 0 aromatic heterocycles. The maximum absolute atomic E-state index is 3.54. The van der Waals surface area contributed by atoms with Crippen molar-refractivity contribution < 1.29 is 4.48 Å². The van der Waals surface area contributed by atoms with Crippen LogP contribution >= 0.6 is 0 Å². The van der Waals surface area contributed by atoms with E-state index in [4.69, 9.17) is 0 Å². The van der Waals surface area contributed by atoms with E-state index in [1.807, 2.05) is 0 Å². The van der Waals surface area contributed by atoms with Gasteiger partial charge in [-0.2, -0.15) is 0 Å². The Morgan fingerprint density at radius 1 is 1.00 bits per heavy atom. The van der Waals surface area contributed by atoms with Crippen molar-refractivity contribution in [3.63, 3.8) is 0 Å². The van der Waals surface area contributed by atoms with Gasteiger partial charge in [-0.25, -0.2) is 0 Å². The third-order valence-electron chi connectivity index (χ3n) is 3.53. The van der Waals surface area contributed by atoms with E-state index in [1.165, 1.54) is 60.7 Å². The average Bonchev–Trinajstić information content (AvgIpc) is 2.38. The lowest BCUT2D eigenvalue weighted by Crippen LogP contribution is -2.39. The topological polar surface area (TPSA) is 12.0 Å². The van der Waals surface area contributed by atoms with Crippen molar-refractivity contribution >= 4 is 10.2 Å². The lowest BCUT2D eigenvalue weighted by Gasteiger charge is -2.30. The number of quaternary nitrogens is 1. The molecule has 1 aromatic carbocycles. The van der Waals surface area contributed by atoms with Gasteiger partial charge >= 0.3 is 0 Å². The number of hydrogen-bond acceptors (Lipinski definition) is 1. The van der Waals surface area contributed by atoms with Crippen LogP contribution in [0.1, 0.15) is 24.8 Å². The predicted octanol–water partition coefficient (Wildman–Crippen LogP) is 1.81. The van der Waals surface area contributed by atoms with E-state index in [0.717, 1.165) is 11.0 Å². The lowest BCUT2D eigenvalue weighted by molar-refractivity contribution is -0.903.